The number of carboxylic acid groups (broad SMARTS) is 1. The number of hydrazone groups is 1. The topological polar surface area (TPSA) is 157 Å². The molecule has 0 spiro atoms. The molecule has 1 atom stereocenters. The Morgan fingerprint density at radius 3 is 2.59 bits per heavy atom. The van der Waals surface area contributed by atoms with Gasteiger partial charge in [0.25, 0.3) is 5.56 Å². The highest BCUT2D eigenvalue weighted by Gasteiger charge is 2.29. The van der Waals surface area contributed by atoms with Crippen molar-refractivity contribution in [3.05, 3.63) is 51.7 Å². The molecular weight excluding hydrogens is 398 g/mol. The molecule has 0 saturated heterocycles. The van der Waals surface area contributed by atoms with E-state index in [1.165, 1.54) is 28.8 Å². The van der Waals surface area contributed by atoms with E-state index in [0.717, 1.165) is 0 Å². The van der Waals surface area contributed by atoms with Crippen LogP contribution in [0.15, 0.2) is 39.1 Å². The van der Waals surface area contributed by atoms with Crippen LogP contribution >= 0.6 is 0 Å². The number of nitrogens with two attached hydrogens (primary N) is 1. The second kappa shape index (κ2) is 7.76. The average molecular weight is 419 g/mol. The van der Waals surface area contributed by atoms with Crippen LogP contribution in [0.3, 0.4) is 0 Å². The standard InChI is InChI=1S/C18H21N5O5S/c1-3-13-15(18(25)26)17(24)23-10(2)4-9-14(16(23)20-13)22-21-11-5-7-12(8-6-11)29(19,27)28/h5-8,10,21H,3-4,9H2,1-2H3,(H,25,26)(H2,19,27,28). The number of rotatable bonds is 5. The number of nitrogens with zero attached hydrogens (tertiary/aromatic N) is 3. The van der Waals surface area contributed by atoms with Gasteiger partial charge >= 0.3 is 5.97 Å². The Morgan fingerprint density at radius 2 is 2.03 bits per heavy atom. The van der Waals surface area contributed by atoms with Crippen molar-refractivity contribution in [2.75, 3.05) is 5.43 Å². The summed E-state index contributed by atoms with van der Waals surface area (Å²) in [6, 6.07) is 5.53. The van der Waals surface area contributed by atoms with E-state index in [-0.39, 0.29) is 22.2 Å². The highest BCUT2D eigenvalue weighted by Crippen LogP contribution is 2.23. The Hall–Kier alpha value is -3.05. The fraction of sp³-hybridized carbons (Fsp3) is 0.333. The SMILES string of the molecule is CCc1nc2n(c(=O)c1C(=O)O)C(C)CCC2=NNc1ccc(S(N)(=O)=O)cc1. The summed E-state index contributed by atoms with van der Waals surface area (Å²) in [4.78, 5) is 28.7. The number of hydrogen-bond donors (Lipinski definition) is 3. The molecule has 1 aromatic carbocycles. The van der Waals surface area contributed by atoms with E-state index in [1.807, 2.05) is 6.92 Å². The van der Waals surface area contributed by atoms with Crippen molar-refractivity contribution in [2.24, 2.45) is 10.2 Å². The molecule has 1 aliphatic heterocycles. The van der Waals surface area contributed by atoms with Crippen molar-refractivity contribution in [3.8, 4) is 0 Å². The third-order valence-corrected chi connectivity index (χ3v) is 5.67. The number of anilines is 1. The number of carboxylic acids is 1. The maximum absolute atomic E-state index is 12.8. The van der Waals surface area contributed by atoms with Crippen molar-refractivity contribution in [1.29, 1.82) is 0 Å². The molecule has 0 aliphatic carbocycles. The van der Waals surface area contributed by atoms with Gasteiger partial charge in [-0.3, -0.25) is 14.8 Å². The number of nitrogens with one attached hydrogen (secondary N) is 1. The first kappa shape index (κ1) is 20.7. The van der Waals surface area contributed by atoms with Gasteiger partial charge in [0.05, 0.1) is 16.3 Å². The molecule has 0 bridgehead atoms. The molecule has 0 radical (unpaired) electrons. The van der Waals surface area contributed by atoms with Crippen LogP contribution in [0.5, 0.6) is 0 Å². The fourth-order valence-electron chi connectivity index (χ4n) is 3.20. The highest BCUT2D eigenvalue weighted by atomic mass is 32.2. The normalized spacial score (nSPS) is 17.8. The van der Waals surface area contributed by atoms with Crippen LogP contribution in [-0.2, 0) is 16.4 Å². The second-order valence-electron chi connectivity index (χ2n) is 6.72. The van der Waals surface area contributed by atoms with E-state index in [9.17, 15) is 23.1 Å². The van der Waals surface area contributed by atoms with E-state index < -0.39 is 21.6 Å². The van der Waals surface area contributed by atoms with Gasteiger partial charge in [-0.05, 0) is 50.5 Å². The number of benzene rings is 1. The van der Waals surface area contributed by atoms with Gasteiger partial charge in [-0.1, -0.05) is 6.92 Å². The summed E-state index contributed by atoms with van der Waals surface area (Å²) in [7, 11) is -3.78. The number of aryl methyl sites for hydroxylation is 1. The van der Waals surface area contributed by atoms with Crippen molar-refractivity contribution in [2.45, 2.75) is 44.0 Å². The lowest BCUT2D eigenvalue weighted by Gasteiger charge is -2.26. The van der Waals surface area contributed by atoms with Crippen LogP contribution in [0.25, 0.3) is 0 Å². The minimum Gasteiger partial charge on any atom is -0.477 e. The fourth-order valence-corrected chi connectivity index (χ4v) is 3.72. The third-order valence-electron chi connectivity index (χ3n) is 4.74. The molecule has 0 amide bonds. The molecule has 154 valence electrons. The van der Waals surface area contributed by atoms with Crippen molar-refractivity contribution >= 4 is 27.4 Å². The zero-order valence-electron chi connectivity index (χ0n) is 15.9. The Kier molecular flexibility index (Phi) is 5.53. The Bertz CT molecular complexity index is 1150. The second-order valence-corrected chi connectivity index (χ2v) is 8.28. The highest BCUT2D eigenvalue weighted by molar-refractivity contribution is 7.89. The monoisotopic (exact) mass is 419 g/mol. The molecule has 0 saturated carbocycles. The minimum atomic E-state index is -3.78. The molecule has 3 rings (SSSR count). The van der Waals surface area contributed by atoms with Crippen LogP contribution in [0.2, 0.25) is 0 Å². The maximum Gasteiger partial charge on any atom is 0.343 e. The van der Waals surface area contributed by atoms with E-state index >= 15 is 0 Å². The van der Waals surface area contributed by atoms with E-state index in [4.69, 9.17) is 5.14 Å². The summed E-state index contributed by atoms with van der Waals surface area (Å²) in [6.07, 6.45) is 1.45. The van der Waals surface area contributed by atoms with Crippen molar-refractivity contribution < 1.29 is 18.3 Å². The summed E-state index contributed by atoms with van der Waals surface area (Å²) in [5, 5.41) is 18.8. The lowest BCUT2D eigenvalue weighted by atomic mass is 10.0. The lowest BCUT2D eigenvalue weighted by Crippen LogP contribution is -2.38. The molecule has 29 heavy (non-hydrogen) atoms. The predicted molar refractivity (Wildman–Crippen MR) is 107 cm³/mol. The molecule has 10 nitrogen and oxygen atoms in total. The largest absolute Gasteiger partial charge is 0.477 e. The molecule has 1 unspecified atom stereocenters. The number of sulfonamides is 1. The van der Waals surface area contributed by atoms with Gasteiger partial charge in [0.15, 0.2) is 5.82 Å². The number of primary sulfonamides is 1. The van der Waals surface area contributed by atoms with Gasteiger partial charge in [-0.25, -0.2) is 23.3 Å². The molecular formula is C18H21N5O5S. The quantitative estimate of drug-likeness (QED) is 0.617. The molecule has 0 fully saturated rings. The number of aromatic carboxylic acids is 1. The first-order valence-electron chi connectivity index (χ1n) is 8.98. The van der Waals surface area contributed by atoms with Gasteiger partial charge in [-0.15, -0.1) is 0 Å². The summed E-state index contributed by atoms with van der Waals surface area (Å²) < 4.78 is 24.0. The van der Waals surface area contributed by atoms with Gasteiger partial charge in [0.1, 0.15) is 11.3 Å². The van der Waals surface area contributed by atoms with Crippen molar-refractivity contribution in [1.82, 2.24) is 9.55 Å². The Labute approximate surface area is 167 Å². The molecule has 1 aromatic heterocycles. The van der Waals surface area contributed by atoms with Crippen LogP contribution in [0.1, 0.15) is 54.6 Å². The number of aromatic nitrogens is 2. The zero-order chi connectivity index (χ0) is 21.3. The summed E-state index contributed by atoms with van der Waals surface area (Å²) in [5.74, 6) is -0.955. The van der Waals surface area contributed by atoms with E-state index in [2.05, 4.69) is 15.5 Å². The minimum absolute atomic E-state index is 0.0189. The summed E-state index contributed by atoms with van der Waals surface area (Å²) in [6.45, 7) is 3.57. The molecule has 4 N–H and O–H groups in total. The lowest BCUT2D eigenvalue weighted by molar-refractivity contribution is 0.0692. The zero-order valence-corrected chi connectivity index (χ0v) is 16.7. The van der Waals surface area contributed by atoms with Crippen LogP contribution < -0.4 is 16.1 Å². The van der Waals surface area contributed by atoms with Crippen LogP contribution in [0, 0.1) is 0 Å². The van der Waals surface area contributed by atoms with E-state index in [1.54, 1.807) is 6.92 Å². The van der Waals surface area contributed by atoms with Gasteiger partial charge in [-0.2, -0.15) is 5.10 Å². The summed E-state index contributed by atoms with van der Waals surface area (Å²) >= 11 is 0. The first-order valence-corrected chi connectivity index (χ1v) is 10.5. The maximum atomic E-state index is 12.8. The summed E-state index contributed by atoms with van der Waals surface area (Å²) in [5.41, 5.74) is 3.18. The van der Waals surface area contributed by atoms with Crippen LogP contribution in [0.4, 0.5) is 5.69 Å². The Morgan fingerprint density at radius 1 is 1.38 bits per heavy atom. The predicted octanol–water partition coefficient (Wildman–Crippen LogP) is 1.32. The van der Waals surface area contributed by atoms with E-state index in [0.29, 0.717) is 36.5 Å². The van der Waals surface area contributed by atoms with Gasteiger partial charge in [0.2, 0.25) is 10.0 Å². The molecule has 2 heterocycles. The molecule has 2 aromatic rings. The first-order chi connectivity index (χ1) is 13.6. The Balaban J connectivity index is 2.01. The van der Waals surface area contributed by atoms with Crippen molar-refractivity contribution in [3.63, 3.8) is 0 Å². The average Bonchev–Trinajstić information content (AvgIpc) is 2.66. The number of fused-ring (bicyclic) bond motifs is 1. The number of hydrogen-bond acceptors (Lipinski definition) is 7. The van der Waals surface area contributed by atoms with Gasteiger partial charge < -0.3 is 5.11 Å². The number of carbonyl (C=O) groups is 1. The smallest absolute Gasteiger partial charge is 0.343 e. The van der Waals surface area contributed by atoms with Crippen LogP contribution in [-0.4, -0.2) is 34.8 Å². The molecule has 1 aliphatic rings. The third kappa shape index (κ3) is 4.05. The molecule has 11 heteroatoms. The van der Waals surface area contributed by atoms with Gasteiger partial charge in [0, 0.05) is 6.04 Å².